The molecule has 1 heterocycles. The van der Waals surface area contributed by atoms with Gasteiger partial charge in [-0.2, -0.15) is 0 Å². The highest BCUT2D eigenvalue weighted by Crippen LogP contribution is 2.30. The normalized spacial score (nSPS) is 27.0. The van der Waals surface area contributed by atoms with E-state index in [4.69, 9.17) is 27.9 Å². The summed E-state index contributed by atoms with van der Waals surface area (Å²) in [6.45, 7) is 0. The van der Waals surface area contributed by atoms with Crippen LogP contribution < -0.4 is 4.74 Å². The Kier molecular flexibility index (Phi) is 3.54. The maximum Gasteiger partial charge on any atom is 0.156 e. The van der Waals surface area contributed by atoms with Crippen LogP contribution in [0.3, 0.4) is 0 Å². The molecule has 1 aromatic rings. The zero-order chi connectivity index (χ0) is 12.6. The summed E-state index contributed by atoms with van der Waals surface area (Å²) in [5.41, 5.74) is 0. The summed E-state index contributed by atoms with van der Waals surface area (Å²) in [6.07, 6.45) is -1.83. The average molecular weight is 297 g/mol. The van der Waals surface area contributed by atoms with Gasteiger partial charge in [0.1, 0.15) is 18.0 Å². The fraction of sp³-hybridized carbons (Fsp3) is 0.400. The van der Waals surface area contributed by atoms with E-state index < -0.39 is 22.0 Å². The molecular formula is C10H10Cl2O4S. The molecule has 1 aliphatic heterocycles. The van der Waals surface area contributed by atoms with Gasteiger partial charge in [-0.05, 0) is 12.1 Å². The highest BCUT2D eigenvalue weighted by Gasteiger charge is 2.38. The summed E-state index contributed by atoms with van der Waals surface area (Å²) in [4.78, 5) is 0. The quantitative estimate of drug-likeness (QED) is 0.899. The number of ether oxygens (including phenoxy) is 1. The van der Waals surface area contributed by atoms with Crippen LogP contribution in [0.5, 0.6) is 5.75 Å². The predicted octanol–water partition coefficient (Wildman–Crippen LogP) is 1.53. The molecule has 0 spiro atoms. The Hall–Kier alpha value is -0.490. The third kappa shape index (κ3) is 3.04. The van der Waals surface area contributed by atoms with Crippen molar-refractivity contribution in [3.63, 3.8) is 0 Å². The Morgan fingerprint density at radius 2 is 2.00 bits per heavy atom. The van der Waals surface area contributed by atoms with Crippen LogP contribution in [0.15, 0.2) is 18.2 Å². The second-order valence-corrected chi connectivity index (χ2v) is 6.87. The van der Waals surface area contributed by atoms with E-state index >= 15 is 0 Å². The number of hydrogen-bond acceptors (Lipinski definition) is 4. The molecule has 1 fully saturated rings. The van der Waals surface area contributed by atoms with Crippen LogP contribution in [0.4, 0.5) is 0 Å². The second kappa shape index (κ2) is 4.65. The molecule has 0 aromatic heterocycles. The van der Waals surface area contributed by atoms with Crippen LogP contribution in [-0.2, 0) is 9.84 Å². The molecule has 0 saturated carbocycles. The van der Waals surface area contributed by atoms with E-state index in [2.05, 4.69) is 0 Å². The Morgan fingerprint density at radius 3 is 2.59 bits per heavy atom. The summed E-state index contributed by atoms with van der Waals surface area (Å²) in [5.74, 6) is -0.215. The molecule has 1 saturated heterocycles. The zero-order valence-corrected chi connectivity index (χ0v) is 11.0. The maximum atomic E-state index is 11.3. The van der Waals surface area contributed by atoms with Crippen LogP contribution >= 0.6 is 23.2 Å². The highest BCUT2D eigenvalue weighted by atomic mass is 35.5. The van der Waals surface area contributed by atoms with Crippen molar-refractivity contribution in [3.8, 4) is 5.75 Å². The molecule has 2 rings (SSSR count). The molecule has 0 radical (unpaired) electrons. The molecule has 17 heavy (non-hydrogen) atoms. The van der Waals surface area contributed by atoms with Crippen molar-refractivity contribution in [1.82, 2.24) is 0 Å². The summed E-state index contributed by atoms with van der Waals surface area (Å²) in [7, 11) is -3.24. The van der Waals surface area contributed by atoms with Gasteiger partial charge >= 0.3 is 0 Å². The Balaban J connectivity index is 2.19. The molecule has 1 N–H and O–H groups in total. The third-order valence-corrected chi connectivity index (χ3v) is 4.68. The molecule has 2 atom stereocenters. The minimum Gasteiger partial charge on any atom is -0.485 e. The van der Waals surface area contributed by atoms with Crippen LogP contribution in [0.25, 0.3) is 0 Å². The van der Waals surface area contributed by atoms with E-state index in [0.29, 0.717) is 10.0 Å². The van der Waals surface area contributed by atoms with E-state index in [9.17, 15) is 13.5 Å². The molecule has 0 bridgehead atoms. The largest absolute Gasteiger partial charge is 0.485 e. The van der Waals surface area contributed by atoms with Crippen molar-refractivity contribution in [2.24, 2.45) is 0 Å². The zero-order valence-electron chi connectivity index (χ0n) is 8.64. The van der Waals surface area contributed by atoms with Gasteiger partial charge < -0.3 is 9.84 Å². The van der Waals surface area contributed by atoms with Gasteiger partial charge in [0.2, 0.25) is 0 Å². The van der Waals surface area contributed by atoms with Crippen molar-refractivity contribution in [1.29, 1.82) is 0 Å². The van der Waals surface area contributed by atoms with Gasteiger partial charge in [-0.1, -0.05) is 23.2 Å². The molecule has 1 aliphatic rings. The first kappa shape index (κ1) is 13.0. The van der Waals surface area contributed by atoms with Crippen molar-refractivity contribution in [3.05, 3.63) is 28.2 Å². The number of halogens is 2. The van der Waals surface area contributed by atoms with Gasteiger partial charge in [-0.25, -0.2) is 8.42 Å². The summed E-state index contributed by atoms with van der Waals surface area (Å²) in [5, 5.41) is 10.3. The Morgan fingerprint density at radius 1 is 1.29 bits per heavy atom. The number of aliphatic hydroxyl groups excluding tert-OH is 1. The topological polar surface area (TPSA) is 63.6 Å². The lowest BCUT2D eigenvalue weighted by Crippen LogP contribution is -2.29. The van der Waals surface area contributed by atoms with Crippen LogP contribution in [0, 0.1) is 0 Å². The molecule has 4 nitrogen and oxygen atoms in total. The van der Waals surface area contributed by atoms with Crippen molar-refractivity contribution >= 4 is 33.0 Å². The Labute approximate surface area is 109 Å². The lowest BCUT2D eigenvalue weighted by Gasteiger charge is -2.16. The first-order valence-electron chi connectivity index (χ1n) is 4.87. The first-order chi connectivity index (χ1) is 7.87. The SMILES string of the molecule is O=S1(=O)CC(O)C(Oc2cc(Cl)ccc2Cl)C1. The van der Waals surface area contributed by atoms with Gasteiger partial charge in [0.15, 0.2) is 9.84 Å². The average Bonchev–Trinajstić information content (AvgIpc) is 2.46. The number of aliphatic hydroxyl groups is 1. The second-order valence-electron chi connectivity index (χ2n) is 3.88. The molecule has 7 heteroatoms. The molecule has 0 amide bonds. The fourth-order valence-electron chi connectivity index (χ4n) is 1.64. The third-order valence-electron chi connectivity index (χ3n) is 2.44. The van der Waals surface area contributed by atoms with E-state index in [0.717, 1.165) is 0 Å². The summed E-state index contributed by atoms with van der Waals surface area (Å²) in [6, 6.07) is 4.63. The molecule has 2 unspecified atom stereocenters. The van der Waals surface area contributed by atoms with Crippen LogP contribution in [0.2, 0.25) is 10.0 Å². The van der Waals surface area contributed by atoms with Crippen molar-refractivity contribution < 1.29 is 18.3 Å². The van der Waals surface area contributed by atoms with E-state index in [1.54, 1.807) is 12.1 Å². The molecule has 94 valence electrons. The van der Waals surface area contributed by atoms with Gasteiger partial charge in [0.05, 0.1) is 16.5 Å². The minimum absolute atomic E-state index is 0.211. The number of hydrogen-bond donors (Lipinski definition) is 1. The van der Waals surface area contributed by atoms with E-state index in [-0.39, 0.29) is 17.3 Å². The minimum atomic E-state index is -3.24. The molecule has 1 aromatic carbocycles. The standard InChI is InChI=1S/C10H10Cl2O4S/c11-6-1-2-7(12)9(3-6)16-10-5-17(14,15)4-8(10)13/h1-3,8,10,13H,4-5H2. The van der Waals surface area contributed by atoms with Gasteiger partial charge in [-0.15, -0.1) is 0 Å². The Bertz CT molecular complexity index is 529. The highest BCUT2D eigenvalue weighted by molar-refractivity contribution is 7.91. The van der Waals surface area contributed by atoms with E-state index in [1.165, 1.54) is 6.07 Å². The smallest absolute Gasteiger partial charge is 0.156 e. The fourth-order valence-corrected chi connectivity index (χ4v) is 3.63. The number of benzene rings is 1. The first-order valence-corrected chi connectivity index (χ1v) is 7.45. The van der Waals surface area contributed by atoms with Crippen LogP contribution in [-0.4, -0.2) is 37.2 Å². The van der Waals surface area contributed by atoms with E-state index in [1.807, 2.05) is 0 Å². The maximum absolute atomic E-state index is 11.3. The van der Waals surface area contributed by atoms with Crippen LogP contribution in [0.1, 0.15) is 0 Å². The monoisotopic (exact) mass is 296 g/mol. The summed E-state index contributed by atoms with van der Waals surface area (Å²) < 4.78 is 28.0. The number of rotatable bonds is 2. The lowest BCUT2D eigenvalue weighted by molar-refractivity contribution is 0.0739. The van der Waals surface area contributed by atoms with Gasteiger partial charge in [0, 0.05) is 11.1 Å². The van der Waals surface area contributed by atoms with Crippen molar-refractivity contribution in [2.45, 2.75) is 12.2 Å². The van der Waals surface area contributed by atoms with Gasteiger partial charge in [-0.3, -0.25) is 0 Å². The lowest BCUT2D eigenvalue weighted by atomic mass is 10.2. The molecular weight excluding hydrogens is 287 g/mol. The number of sulfone groups is 1. The van der Waals surface area contributed by atoms with Crippen molar-refractivity contribution in [2.75, 3.05) is 11.5 Å². The van der Waals surface area contributed by atoms with Gasteiger partial charge in [0.25, 0.3) is 0 Å². The molecule has 0 aliphatic carbocycles. The predicted molar refractivity (Wildman–Crippen MR) is 65.5 cm³/mol. The summed E-state index contributed by atoms with van der Waals surface area (Å²) >= 11 is 11.7.